The highest BCUT2D eigenvalue weighted by atomic mass is 32.2. The van der Waals surface area contributed by atoms with E-state index in [2.05, 4.69) is 15.0 Å². The predicted molar refractivity (Wildman–Crippen MR) is 127 cm³/mol. The summed E-state index contributed by atoms with van der Waals surface area (Å²) >= 11 is 1.19. The van der Waals surface area contributed by atoms with Crippen molar-refractivity contribution in [3.8, 4) is 22.8 Å². The SMILES string of the molecule is COc1cc(C)c(C)cc1S(=O)(=O)Nc1nc(-c2ccc3c(c2)C(NC(C)=O)CCO3)cs1. The first-order valence-electron chi connectivity index (χ1n) is 10.4. The average molecular weight is 488 g/mol. The van der Waals surface area contributed by atoms with Gasteiger partial charge in [0.1, 0.15) is 16.4 Å². The normalized spacial score (nSPS) is 15.3. The zero-order chi connectivity index (χ0) is 23.8. The van der Waals surface area contributed by atoms with E-state index in [0.717, 1.165) is 28.0 Å². The molecule has 0 bridgehead atoms. The van der Waals surface area contributed by atoms with Gasteiger partial charge in [-0.25, -0.2) is 13.4 Å². The number of methoxy groups -OCH3 is 1. The molecule has 0 fully saturated rings. The number of benzene rings is 2. The molecule has 2 N–H and O–H groups in total. The Bertz CT molecular complexity index is 1320. The molecule has 33 heavy (non-hydrogen) atoms. The summed E-state index contributed by atoms with van der Waals surface area (Å²) < 4.78 is 39.7. The van der Waals surface area contributed by atoms with Crippen LogP contribution in [0.4, 0.5) is 5.13 Å². The van der Waals surface area contributed by atoms with E-state index in [9.17, 15) is 13.2 Å². The third-order valence-corrected chi connectivity index (χ3v) is 7.76. The van der Waals surface area contributed by atoms with E-state index in [1.165, 1.54) is 25.4 Å². The lowest BCUT2D eigenvalue weighted by Gasteiger charge is -2.26. The van der Waals surface area contributed by atoms with E-state index in [1.807, 2.05) is 32.0 Å². The van der Waals surface area contributed by atoms with Gasteiger partial charge in [0.2, 0.25) is 5.91 Å². The van der Waals surface area contributed by atoms with Gasteiger partial charge in [0.25, 0.3) is 10.0 Å². The number of carbonyl (C=O) groups excluding carboxylic acids is 1. The molecular formula is C23H25N3O5S2. The average Bonchev–Trinajstić information content (AvgIpc) is 3.22. The van der Waals surface area contributed by atoms with Crippen molar-refractivity contribution in [2.24, 2.45) is 0 Å². The lowest BCUT2D eigenvalue weighted by Crippen LogP contribution is -2.30. The topological polar surface area (TPSA) is 107 Å². The summed E-state index contributed by atoms with van der Waals surface area (Å²) in [7, 11) is -2.45. The highest BCUT2D eigenvalue weighted by molar-refractivity contribution is 7.93. The summed E-state index contributed by atoms with van der Waals surface area (Å²) in [4.78, 5) is 16.1. The van der Waals surface area contributed by atoms with Crippen LogP contribution in [0.25, 0.3) is 11.3 Å². The third-order valence-electron chi connectivity index (χ3n) is 5.52. The molecule has 1 unspecified atom stereocenters. The van der Waals surface area contributed by atoms with Gasteiger partial charge in [-0.3, -0.25) is 9.52 Å². The van der Waals surface area contributed by atoms with Crippen molar-refractivity contribution in [1.29, 1.82) is 0 Å². The second kappa shape index (κ2) is 9.03. The van der Waals surface area contributed by atoms with Crippen molar-refractivity contribution in [3.63, 3.8) is 0 Å². The summed E-state index contributed by atoms with van der Waals surface area (Å²) in [5.41, 5.74) is 4.10. The van der Waals surface area contributed by atoms with Crippen LogP contribution in [-0.2, 0) is 14.8 Å². The number of ether oxygens (including phenoxy) is 2. The fourth-order valence-electron chi connectivity index (χ4n) is 3.70. The van der Waals surface area contributed by atoms with Gasteiger partial charge in [0, 0.05) is 29.9 Å². The molecule has 0 saturated carbocycles. The molecule has 0 radical (unpaired) electrons. The molecule has 0 aliphatic carbocycles. The van der Waals surface area contributed by atoms with Crippen LogP contribution in [0.2, 0.25) is 0 Å². The number of aromatic nitrogens is 1. The first-order chi connectivity index (χ1) is 15.7. The number of nitrogens with zero attached hydrogens (tertiary/aromatic N) is 1. The Balaban J connectivity index is 1.62. The minimum Gasteiger partial charge on any atom is -0.495 e. The van der Waals surface area contributed by atoms with Gasteiger partial charge in [0.05, 0.1) is 25.5 Å². The zero-order valence-electron chi connectivity index (χ0n) is 18.8. The molecule has 1 amide bonds. The maximum Gasteiger partial charge on any atom is 0.267 e. The Morgan fingerprint density at radius 3 is 2.70 bits per heavy atom. The number of hydrogen-bond acceptors (Lipinski definition) is 7. The number of thiazole rings is 1. The molecule has 2 heterocycles. The molecule has 1 atom stereocenters. The lowest BCUT2D eigenvalue weighted by atomic mass is 9.97. The van der Waals surface area contributed by atoms with Crippen LogP contribution in [0.1, 0.15) is 36.1 Å². The number of amides is 1. The van der Waals surface area contributed by atoms with Crippen LogP contribution in [0.5, 0.6) is 11.5 Å². The molecule has 3 aromatic rings. The van der Waals surface area contributed by atoms with Crippen molar-refractivity contribution in [1.82, 2.24) is 10.3 Å². The van der Waals surface area contributed by atoms with Gasteiger partial charge in [-0.15, -0.1) is 11.3 Å². The van der Waals surface area contributed by atoms with E-state index in [4.69, 9.17) is 9.47 Å². The van der Waals surface area contributed by atoms with E-state index >= 15 is 0 Å². The van der Waals surface area contributed by atoms with Gasteiger partial charge in [-0.2, -0.15) is 0 Å². The maximum atomic E-state index is 13.0. The number of nitrogens with one attached hydrogen (secondary N) is 2. The molecule has 1 aliphatic heterocycles. The number of sulfonamides is 1. The molecule has 1 aliphatic rings. The third kappa shape index (κ3) is 4.81. The molecule has 8 nitrogen and oxygen atoms in total. The largest absolute Gasteiger partial charge is 0.495 e. The second-order valence-electron chi connectivity index (χ2n) is 7.87. The van der Waals surface area contributed by atoms with Crippen LogP contribution in [0.3, 0.4) is 0 Å². The maximum absolute atomic E-state index is 13.0. The van der Waals surface area contributed by atoms with Crippen LogP contribution >= 0.6 is 11.3 Å². The Morgan fingerprint density at radius 2 is 1.97 bits per heavy atom. The minimum absolute atomic E-state index is 0.0638. The van der Waals surface area contributed by atoms with Gasteiger partial charge in [0.15, 0.2) is 5.13 Å². The van der Waals surface area contributed by atoms with Crippen LogP contribution in [-0.4, -0.2) is 33.0 Å². The van der Waals surface area contributed by atoms with Gasteiger partial charge in [-0.05, 0) is 55.3 Å². The lowest BCUT2D eigenvalue weighted by molar-refractivity contribution is -0.119. The van der Waals surface area contributed by atoms with Crippen molar-refractivity contribution in [3.05, 3.63) is 52.4 Å². The summed E-state index contributed by atoms with van der Waals surface area (Å²) in [6.45, 7) is 5.77. The molecule has 0 spiro atoms. The second-order valence-corrected chi connectivity index (χ2v) is 10.4. The molecular weight excluding hydrogens is 462 g/mol. The standard InChI is InChI=1S/C23H25N3O5S2/c1-13-9-21(30-4)22(10-14(13)2)33(28,29)26-23-25-19(12-32-23)16-5-6-20-17(11-16)18(7-8-31-20)24-15(3)27/h5-6,9-12,18H,7-8H2,1-4H3,(H,24,27)(H,25,26). The number of carbonyl (C=O) groups is 1. The first-order valence-corrected chi connectivity index (χ1v) is 12.7. The fraction of sp³-hybridized carbons (Fsp3) is 0.304. The number of hydrogen-bond donors (Lipinski definition) is 2. The van der Waals surface area contributed by atoms with E-state index in [1.54, 1.807) is 17.5 Å². The highest BCUT2D eigenvalue weighted by Crippen LogP contribution is 2.37. The van der Waals surface area contributed by atoms with E-state index in [-0.39, 0.29) is 27.7 Å². The van der Waals surface area contributed by atoms with Crippen LogP contribution in [0, 0.1) is 13.8 Å². The zero-order valence-corrected chi connectivity index (χ0v) is 20.4. The molecule has 0 saturated heterocycles. The Hall–Kier alpha value is -3.11. The van der Waals surface area contributed by atoms with Crippen LogP contribution in [0.15, 0.2) is 40.6 Å². The smallest absolute Gasteiger partial charge is 0.267 e. The minimum atomic E-state index is -3.90. The predicted octanol–water partition coefficient (Wildman–Crippen LogP) is 4.20. The molecule has 174 valence electrons. The van der Waals surface area contributed by atoms with Gasteiger partial charge >= 0.3 is 0 Å². The Labute approximate surface area is 197 Å². The molecule has 2 aromatic carbocycles. The van der Waals surface area contributed by atoms with E-state index in [0.29, 0.717) is 18.7 Å². The van der Waals surface area contributed by atoms with Crippen LogP contribution < -0.4 is 19.5 Å². The van der Waals surface area contributed by atoms with Crippen molar-refractivity contribution < 1.29 is 22.7 Å². The number of aryl methyl sites for hydroxylation is 2. The molecule has 4 rings (SSSR count). The summed E-state index contributed by atoms with van der Waals surface area (Å²) in [5, 5.41) is 4.98. The van der Waals surface area contributed by atoms with Crippen molar-refractivity contribution in [2.45, 2.75) is 38.1 Å². The number of fused-ring (bicyclic) bond motifs is 1. The van der Waals surface area contributed by atoms with Gasteiger partial charge in [-0.1, -0.05) is 0 Å². The first kappa shape index (κ1) is 23.1. The molecule has 10 heteroatoms. The Morgan fingerprint density at radius 1 is 1.21 bits per heavy atom. The monoisotopic (exact) mass is 487 g/mol. The summed E-state index contributed by atoms with van der Waals surface area (Å²) in [5.74, 6) is 0.896. The van der Waals surface area contributed by atoms with Crippen molar-refractivity contribution >= 4 is 32.4 Å². The van der Waals surface area contributed by atoms with Crippen molar-refractivity contribution in [2.75, 3.05) is 18.4 Å². The number of rotatable bonds is 6. The van der Waals surface area contributed by atoms with Gasteiger partial charge < -0.3 is 14.8 Å². The quantitative estimate of drug-likeness (QED) is 0.540. The molecule has 1 aromatic heterocycles. The number of anilines is 1. The summed E-state index contributed by atoms with van der Waals surface area (Å²) in [6.07, 6.45) is 0.677. The fourth-order valence-corrected chi connectivity index (χ4v) is 5.91. The summed E-state index contributed by atoms with van der Waals surface area (Å²) in [6, 6.07) is 8.81. The highest BCUT2D eigenvalue weighted by Gasteiger charge is 2.24. The van der Waals surface area contributed by atoms with E-state index < -0.39 is 10.0 Å². The Kier molecular flexibility index (Phi) is 6.31.